The maximum atomic E-state index is 12.5. The smallest absolute Gasteiger partial charge is 0.407 e. The first-order valence-electron chi connectivity index (χ1n) is 11.1. The van der Waals surface area contributed by atoms with E-state index in [0.717, 1.165) is 0 Å². The molecule has 3 rings (SSSR count). The number of nitrogens with one attached hydrogen (secondary N) is 1. The van der Waals surface area contributed by atoms with Crippen LogP contribution in [0.2, 0.25) is 0 Å². The molecule has 5 nitrogen and oxygen atoms in total. The molecule has 0 aliphatic rings. The average molecular weight is 465 g/mol. The number of alkyl carbamates (subject to hydrolysis) is 1. The summed E-state index contributed by atoms with van der Waals surface area (Å²) in [6, 6.07) is 30.1. The van der Waals surface area contributed by atoms with Crippen LogP contribution >= 0.6 is 7.26 Å². The van der Waals surface area contributed by atoms with Crippen LogP contribution in [0.5, 0.6) is 0 Å². The summed E-state index contributed by atoms with van der Waals surface area (Å²) in [7, 11) is -2.11. The van der Waals surface area contributed by atoms with Crippen molar-refractivity contribution in [2.24, 2.45) is 5.92 Å². The molecule has 0 spiro atoms. The van der Waals surface area contributed by atoms with Gasteiger partial charge in [0.15, 0.2) is 0 Å². The molecular weight excluding hydrogens is 433 g/mol. The molecule has 0 aliphatic carbocycles. The van der Waals surface area contributed by atoms with Crippen LogP contribution in [0.3, 0.4) is 0 Å². The fraction of sp³-hybridized carbons (Fsp3) is 0.259. The number of benzene rings is 3. The Labute approximate surface area is 196 Å². The summed E-state index contributed by atoms with van der Waals surface area (Å²) in [6.45, 7) is 4.01. The van der Waals surface area contributed by atoms with E-state index in [9.17, 15) is 14.7 Å². The molecule has 1 amide bonds. The van der Waals surface area contributed by atoms with E-state index in [2.05, 4.69) is 41.7 Å². The normalized spacial score (nSPS) is 12.2. The van der Waals surface area contributed by atoms with Crippen LogP contribution in [-0.4, -0.2) is 36.0 Å². The Bertz CT molecular complexity index is 929. The summed E-state index contributed by atoms with van der Waals surface area (Å²) >= 11 is 0. The van der Waals surface area contributed by atoms with Gasteiger partial charge in [-0.15, -0.1) is 0 Å². The van der Waals surface area contributed by atoms with Crippen molar-refractivity contribution >= 4 is 35.2 Å². The summed E-state index contributed by atoms with van der Waals surface area (Å²) < 4.78 is 5.54. The maximum absolute atomic E-state index is 12.5. The minimum atomic E-state index is -2.11. The SMILES string of the molecule is CC(C)CC(NC(=O)OCC[P+](c1ccccc1)(c1ccccc1)c1ccccc1)C(=O)O. The highest BCUT2D eigenvalue weighted by Gasteiger charge is 2.45. The zero-order chi connectivity index (χ0) is 23.7. The Balaban J connectivity index is 1.88. The molecule has 0 radical (unpaired) electrons. The van der Waals surface area contributed by atoms with Crippen LogP contribution < -0.4 is 21.2 Å². The van der Waals surface area contributed by atoms with Crippen molar-refractivity contribution in [2.75, 3.05) is 12.8 Å². The number of hydrogen-bond donors (Lipinski definition) is 2. The van der Waals surface area contributed by atoms with E-state index in [1.165, 1.54) is 15.9 Å². The highest BCUT2D eigenvalue weighted by Crippen LogP contribution is 2.54. The van der Waals surface area contributed by atoms with Gasteiger partial charge in [-0.2, -0.15) is 0 Å². The molecule has 0 aliphatic heterocycles. The van der Waals surface area contributed by atoms with Crippen LogP contribution in [0.15, 0.2) is 91.0 Å². The van der Waals surface area contributed by atoms with Gasteiger partial charge in [0.05, 0.1) is 0 Å². The minimum absolute atomic E-state index is 0.138. The van der Waals surface area contributed by atoms with Crippen molar-refractivity contribution in [3.63, 3.8) is 0 Å². The summed E-state index contributed by atoms with van der Waals surface area (Å²) in [5, 5.41) is 15.5. The molecule has 0 fully saturated rings. The van der Waals surface area contributed by atoms with E-state index in [-0.39, 0.29) is 12.5 Å². The maximum Gasteiger partial charge on any atom is 0.407 e. The molecule has 1 atom stereocenters. The second-order valence-electron chi connectivity index (χ2n) is 8.34. The van der Waals surface area contributed by atoms with E-state index in [1.807, 2.05) is 68.4 Å². The molecule has 0 saturated carbocycles. The monoisotopic (exact) mass is 464 g/mol. The largest absolute Gasteiger partial charge is 0.480 e. The van der Waals surface area contributed by atoms with Crippen molar-refractivity contribution in [1.82, 2.24) is 5.32 Å². The second kappa shape index (κ2) is 11.6. The van der Waals surface area contributed by atoms with E-state index < -0.39 is 25.4 Å². The summed E-state index contributed by atoms with van der Waals surface area (Å²) in [5.41, 5.74) is 0. The lowest BCUT2D eigenvalue weighted by atomic mass is 10.0. The van der Waals surface area contributed by atoms with E-state index in [4.69, 9.17) is 4.74 Å². The van der Waals surface area contributed by atoms with Crippen LogP contribution in [0.4, 0.5) is 4.79 Å². The van der Waals surface area contributed by atoms with Gasteiger partial charge >= 0.3 is 12.1 Å². The lowest BCUT2D eigenvalue weighted by Crippen LogP contribution is -2.42. The third kappa shape index (κ3) is 6.21. The number of carboxylic acids is 1. The number of amides is 1. The quantitative estimate of drug-likeness (QED) is 0.441. The first-order chi connectivity index (χ1) is 15.9. The van der Waals surface area contributed by atoms with Gasteiger partial charge < -0.3 is 15.2 Å². The average Bonchev–Trinajstić information content (AvgIpc) is 2.83. The molecule has 2 N–H and O–H groups in total. The van der Waals surface area contributed by atoms with Crippen molar-refractivity contribution in [1.29, 1.82) is 0 Å². The predicted molar refractivity (Wildman–Crippen MR) is 135 cm³/mol. The summed E-state index contributed by atoms with van der Waals surface area (Å²) in [4.78, 5) is 23.9. The Morgan fingerprint density at radius 2 is 1.24 bits per heavy atom. The van der Waals surface area contributed by atoms with Crippen molar-refractivity contribution in [2.45, 2.75) is 26.3 Å². The lowest BCUT2D eigenvalue weighted by molar-refractivity contribution is -0.139. The number of hydrogen-bond acceptors (Lipinski definition) is 3. The molecule has 3 aromatic carbocycles. The highest BCUT2D eigenvalue weighted by atomic mass is 31.2. The molecule has 172 valence electrons. The van der Waals surface area contributed by atoms with Gasteiger partial charge in [0.25, 0.3) is 0 Å². The number of ether oxygens (including phenoxy) is 1. The van der Waals surface area contributed by atoms with Gasteiger partial charge in [-0.3, -0.25) is 0 Å². The second-order valence-corrected chi connectivity index (χ2v) is 12.0. The molecule has 33 heavy (non-hydrogen) atoms. The molecule has 0 aromatic heterocycles. The van der Waals surface area contributed by atoms with Gasteiger partial charge in [0.2, 0.25) is 0 Å². The van der Waals surface area contributed by atoms with E-state index in [1.54, 1.807) is 0 Å². The molecule has 0 heterocycles. The number of carbonyl (C=O) groups is 2. The van der Waals surface area contributed by atoms with Crippen LogP contribution in [0.25, 0.3) is 0 Å². The molecular formula is C27H31NO4P+. The van der Waals surface area contributed by atoms with Gasteiger partial charge in [0, 0.05) is 0 Å². The molecule has 1 unspecified atom stereocenters. The fourth-order valence-corrected chi connectivity index (χ4v) is 8.11. The predicted octanol–water partition coefficient (Wildman–Crippen LogP) is 4.21. The third-order valence-electron chi connectivity index (χ3n) is 5.55. The standard InChI is InChI=1S/C27H30NO4P/c1-21(2)20-25(26(29)30)28-27(31)32-18-19-33(22-12-6-3-7-13-22,23-14-8-4-9-15-23)24-16-10-5-11-17-24/h3-17,21,25H,18-20H2,1-2H3,(H-,28,29,30,31)/p+1. The zero-order valence-corrected chi connectivity index (χ0v) is 19.9. The van der Waals surface area contributed by atoms with Crippen LogP contribution in [0.1, 0.15) is 20.3 Å². The fourth-order valence-electron chi connectivity index (χ4n) is 4.03. The first kappa shape index (κ1) is 24.5. The van der Waals surface area contributed by atoms with Gasteiger partial charge in [-0.1, -0.05) is 68.4 Å². The number of aliphatic carboxylic acids is 1. The number of carbonyl (C=O) groups excluding carboxylic acids is 1. The third-order valence-corrected chi connectivity index (χ3v) is 9.94. The lowest BCUT2D eigenvalue weighted by Gasteiger charge is -2.27. The number of carboxylic acid groups (broad SMARTS) is 1. The summed E-state index contributed by atoms with van der Waals surface area (Å²) in [5.74, 6) is -0.917. The van der Waals surface area contributed by atoms with Crippen molar-refractivity contribution in [3.8, 4) is 0 Å². The Morgan fingerprint density at radius 1 is 0.818 bits per heavy atom. The van der Waals surface area contributed by atoms with Crippen molar-refractivity contribution in [3.05, 3.63) is 91.0 Å². The first-order valence-corrected chi connectivity index (χ1v) is 13.1. The van der Waals surface area contributed by atoms with Crippen LogP contribution in [-0.2, 0) is 9.53 Å². The molecule has 3 aromatic rings. The molecule has 0 saturated heterocycles. The minimum Gasteiger partial charge on any atom is -0.480 e. The number of rotatable bonds is 10. The van der Waals surface area contributed by atoms with Crippen molar-refractivity contribution < 1.29 is 19.4 Å². The molecule has 6 heteroatoms. The van der Waals surface area contributed by atoms with E-state index in [0.29, 0.717) is 12.6 Å². The summed E-state index contributed by atoms with van der Waals surface area (Å²) in [6.07, 6.45) is 0.259. The topological polar surface area (TPSA) is 75.6 Å². The van der Waals surface area contributed by atoms with Gasteiger partial charge in [0.1, 0.15) is 42.0 Å². The molecule has 0 bridgehead atoms. The van der Waals surface area contributed by atoms with Crippen LogP contribution in [0, 0.1) is 5.92 Å². The van der Waals surface area contributed by atoms with E-state index >= 15 is 0 Å². The Morgan fingerprint density at radius 3 is 1.61 bits per heavy atom. The Kier molecular flexibility index (Phi) is 8.62. The van der Waals surface area contributed by atoms with Gasteiger partial charge in [-0.05, 0) is 48.7 Å². The zero-order valence-electron chi connectivity index (χ0n) is 19.1. The van der Waals surface area contributed by atoms with Gasteiger partial charge in [-0.25, -0.2) is 9.59 Å². The highest BCUT2D eigenvalue weighted by molar-refractivity contribution is 7.95. The Hall–Kier alpha value is -3.17.